The van der Waals surface area contributed by atoms with E-state index in [1.807, 2.05) is 28.0 Å². The molecule has 1 rings (SSSR count). The molecule has 64 valence electrons. The van der Waals surface area contributed by atoms with Crippen LogP contribution in [-0.4, -0.2) is 5.91 Å². The molecule has 0 aliphatic carbocycles. The highest BCUT2D eigenvalue weighted by Gasteiger charge is 2.05. The van der Waals surface area contributed by atoms with E-state index in [1.54, 1.807) is 0 Å². The van der Waals surface area contributed by atoms with Crippen LogP contribution in [0.25, 0.3) is 0 Å². The fourth-order valence-electron chi connectivity index (χ4n) is 0.721. The lowest BCUT2D eigenvalue weighted by Crippen LogP contribution is -2.30. The molecule has 5 heteroatoms. The minimum Gasteiger partial charge on any atom is -0.290 e. The van der Waals surface area contributed by atoms with Crippen LogP contribution in [0.15, 0.2) is 18.2 Å². The Hall–Kier alpha value is -0.690. The average Bonchev–Trinajstić information content (AvgIpc) is 2.08. The fraction of sp³-hybridized carbons (Fsp3) is 0. The number of nitrogens with two attached hydrogens (primary N) is 1. The maximum Gasteiger partial charge on any atom is 0.265 e. The summed E-state index contributed by atoms with van der Waals surface area (Å²) in [6.07, 6.45) is 0. The molecule has 0 saturated carbocycles. The normalized spacial score (nSPS) is 9.58. The van der Waals surface area contributed by atoms with Crippen molar-refractivity contribution >= 4 is 28.5 Å². The molecule has 0 aliphatic rings. The molecular weight excluding hydrogens is 274 g/mol. The lowest BCUT2D eigenvalue weighted by Gasteiger charge is -1.99. The van der Waals surface area contributed by atoms with Crippen LogP contribution in [0, 0.1) is 9.39 Å². The van der Waals surface area contributed by atoms with Crippen molar-refractivity contribution in [3.63, 3.8) is 0 Å². The molecule has 0 aromatic heterocycles. The number of nitrogen functional groups attached to an aromatic ring is 1. The highest BCUT2D eigenvalue weighted by Crippen LogP contribution is 2.12. The number of rotatable bonds is 1. The Morgan fingerprint density at radius 3 is 2.75 bits per heavy atom. The van der Waals surface area contributed by atoms with Gasteiger partial charge in [-0.15, -0.1) is 0 Å². The smallest absolute Gasteiger partial charge is 0.265 e. The van der Waals surface area contributed by atoms with Crippen LogP contribution >= 0.6 is 22.6 Å². The molecule has 0 unspecified atom stereocenters. The number of hydrazine groups is 1. The molecule has 0 radical (unpaired) electrons. The number of amides is 1. The Kier molecular flexibility index (Phi) is 2.99. The van der Waals surface area contributed by atoms with Crippen molar-refractivity contribution in [3.05, 3.63) is 33.1 Å². The van der Waals surface area contributed by atoms with Gasteiger partial charge in [-0.1, -0.05) is 0 Å². The Labute approximate surface area is 82.2 Å². The maximum absolute atomic E-state index is 12.8. The summed E-state index contributed by atoms with van der Waals surface area (Å²) in [6.45, 7) is 0. The Morgan fingerprint density at radius 2 is 2.25 bits per heavy atom. The largest absolute Gasteiger partial charge is 0.290 e. The molecule has 1 aromatic rings. The summed E-state index contributed by atoms with van der Waals surface area (Å²) in [5, 5.41) is 0. The third-order valence-corrected chi connectivity index (χ3v) is 2.19. The Bertz CT molecular complexity index is 316. The van der Waals surface area contributed by atoms with Gasteiger partial charge >= 0.3 is 0 Å². The Balaban J connectivity index is 3.05. The van der Waals surface area contributed by atoms with Crippen molar-refractivity contribution in [3.8, 4) is 0 Å². The van der Waals surface area contributed by atoms with Crippen LogP contribution in [0.4, 0.5) is 4.39 Å². The van der Waals surface area contributed by atoms with Gasteiger partial charge in [-0.25, -0.2) is 10.2 Å². The molecule has 0 aliphatic heterocycles. The van der Waals surface area contributed by atoms with Crippen LogP contribution in [0.3, 0.4) is 0 Å². The number of nitrogens with one attached hydrogen (secondary N) is 1. The third-order valence-electron chi connectivity index (χ3n) is 1.31. The second kappa shape index (κ2) is 3.81. The summed E-state index contributed by atoms with van der Waals surface area (Å²) >= 11 is 1.84. The van der Waals surface area contributed by atoms with Crippen LogP contribution in [0.5, 0.6) is 0 Å². The number of carbonyl (C=O) groups is 1. The predicted octanol–water partition coefficient (Wildman–Crippen LogP) is 1.03. The maximum atomic E-state index is 12.8. The minimum atomic E-state index is -0.495. The molecule has 0 spiro atoms. The molecule has 3 N–H and O–H groups in total. The van der Waals surface area contributed by atoms with E-state index in [0.717, 1.165) is 6.07 Å². The van der Waals surface area contributed by atoms with Crippen LogP contribution in [-0.2, 0) is 0 Å². The topological polar surface area (TPSA) is 55.1 Å². The summed E-state index contributed by atoms with van der Waals surface area (Å²) in [7, 11) is 0. The lowest BCUT2D eigenvalue weighted by atomic mass is 10.2. The van der Waals surface area contributed by atoms with E-state index in [4.69, 9.17) is 5.84 Å². The predicted molar refractivity (Wildman–Crippen MR) is 50.8 cm³/mol. The molecular formula is C7H6FIN2O. The van der Waals surface area contributed by atoms with Gasteiger partial charge in [-0.2, -0.15) is 0 Å². The van der Waals surface area contributed by atoms with E-state index in [1.165, 1.54) is 12.1 Å². The molecule has 0 saturated heterocycles. The highest BCUT2D eigenvalue weighted by molar-refractivity contribution is 14.1. The second-order valence-corrected chi connectivity index (χ2v) is 3.26. The minimum absolute atomic E-state index is 0.218. The number of halogens is 2. The van der Waals surface area contributed by atoms with Crippen molar-refractivity contribution in [2.24, 2.45) is 5.84 Å². The van der Waals surface area contributed by atoms with Gasteiger partial charge in [0.1, 0.15) is 5.82 Å². The van der Waals surface area contributed by atoms with Gasteiger partial charge in [0.2, 0.25) is 0 Å². The number of hydrogen-bond donors (Lipinski definition) is 2. The molecule has 1 aromatic carbocycles. The lowest BCUT2D eigenvalue weighted by molar-refractivity contribution is 0.0953. The van der Waals surface area contributed by atoms with Crippen LogP contribution in [0.1, 0.15) is 10.4 Å². The standard InChI is InChI=1S/C7H6FIN2O/c8-5-3-4(7(12)11-10)1-2-6(5)9/h1-3H,10H2,(H,11,12). The quantitative estimate of drug-likeness (QED) is 0.349. The molecule has 0 heterocycles. The monoisotopic (exact) mass is 280 g/mol. The van der Waals surface area contributed by atoms with Crippen molar-refractivity contribution in [2.45, 2.75) is 0 Å². The zero-order valence-electron chi connectivity index (χ0n) is 5.97. The molecule has 0 fully saturated rings. The van der Waals surface area contributed by atoms with Crippen molar-refractivity contribution in [2.75, 3.05) is 0 Å². The summed E-state index contributed by atoms with van der Waals surface area (Å²) in [5.41, 5.74) is 2.14. The first-order valence-corrected chi connectivity index (χ1v) is 4.19. The van der Waals surface area contributed by atoms with Gasteiger partial charge in [0.25, 0.3) is 5.91 Å². The first-order chi connectivity index (χ1) is 5.65. The number of benzene rings is 1. The van der Waals surface area contributed by atoms with Gasteiger partial charge in [0, 0.05) is 9.13 Å². The zero-order valence-corrected chi connectivity index (χ0v) is 8.13. The molecule has 0 atom stereocenters. The highest BCUT2D eigenvalue weighted by atomic mass is 127. The van der Waals surface area contributed by atoms with Crippen molar-refractivity contribution in [1.82, 2.24) is 5.43 Å². The summed E-state index contributed by atoms with van der Waals surface area (Å²) in [6, 6.07) is 4.16. The summed E-state index contributed by atoms with van der Waals surface area (Å²) < 4.78 is 13.3. The van der Waals surface area contributed by atoms with Gasteiger partial charge < -0.3 is 0 Å². The Morgan fingerprint density at radius 1 is 1.58 bits per heavy atom. The van der Waals surface area contributed by atoms with E-state index < -0.39 is 11.7 Å². The average molecular weight is 280 g/mol. The van der Waals surface area contributed by atoms with Gasteiger partial charge in [0.15, 0.2) is 0 Å². The zero-order chi connectivity index (χ0) is 9.14. The molecule has 1 amide bonds. The van der Waals surface area contributed by atoms with Gasteiger partial charge in [-0.05, 0) is 40.8 Å². The van der Waals surface area contributed by atoms with Crippen LogP contribution < -0.4 is 11.3 Å². The van der Waals surface area contributed by atoms with E-state index in [0.29, 0.717) is 3.57 Å². The van der Waals surface area contributed by atoms with Crippen molar-refractivity contribution in [1.29, 1.82) is 0 Å². The SMILES string of the molecule is NNC(=O)c1ccc(I)c(F)c1. The summed E-state index contributed by atoms with van der Waals surface area (Å²) in [5.74, 6) is 3.95. The molecule has 12 heavy (non-hydrogen) atoms. The molecule has 3 nitrogen and oxygen atoms in total. The van der Waals surface area contributed by atoms with E-state index in [2.05, 4.69) is 0 Å². The van der Waals surface area contributed by atoms with Gasteiger partial charge in [-0.3, -0.25) is 10.2 Å². The molecule has 0 bridgehead atoms. The summed E-state index contributed by atoms with van der Waals surface area (Å²) in [4.78, 5) is 10.9. The number of hydrogen-bond acceptors (Lipinski definition) is 2. The van der Waals surface area contributed by atoms with E-state index in [9.17, 15) is 9.18 Å². The fourth-order valence-corrected chi connectivity index (χ4v) is 1.06. The first-order valence-electron chi connectivity index (χ1n) is 3.11. The number of carbonyl (C=O) groups excluding carboxylic acids is 1. The second-order valence-electron chi connectivity index (χ2n) is 2.10. The van der Waals surface area contributed by atoms with E-state index >= 15 is 0 Å². The third kappa shape index (κ3) is 1.92. The van der Waals surface area contributed by atoms with Gasteiger partial charge in [0.05, 0.1) is 0 Å². The van der Waals surface area contributed by atoms with E-state index in [-0.39, 0.29) is 5.56 Å². The van der Waals surface area contributed by atoms with Crippen LogP contribution in [0.2, 0.25) is 0 Å². The van der Waals surface area contributed by atoms with Crippen molar-refractivity contribution < 1.29 is 9.18 Å². The first kappa shape index (κ1) is 9.40.